The van der Waals surface area contributed by atoms with E-state index in [9.17, 15) is 4.79 Å². The molecule has 7 rings (SSSR count). The maximum atomic E-state index is 11.6. The first-order valence-corrected chi connectivity index (χ1v) is 8.96. The first kappa shape index (κ1) is 16.4. The molecule has 1 heterocycles. The number of amides is 1. The van der Waals surface area contributed by atoms with Crippen molar-refractivity contribution >= 4 is 20.0 Å². The molecule has 0 aromatic carbocycles. The minimum absolute atomic E-state index is 0. The SMILES string of the molecule is CC1=C(C)C[Si](C23CCC4(C([NH-])=O)C5C46C2C536)=C1.[Cl-].[Cl-].[Ti+3]. The Balaban J connectivity index is 0.000000441. The zero-order chi connectivity index (χ0) is 12.3. The summed E-state index contributed by atoms with van der Waals surface area (Å²) in [5.41, 5.74) is 14.4. The monoisotopic (exact) mass is 372 g/mol. The van der Waals surface area contributed by atoms with Crippen LogP contribution in [0.1, 0.15) is 26.7 Å². The van der Waals surface area contributed by atoms with E-state index >= 15 is 0 Å². The van der Waals surface area contributed by atoms with Crippen LogP contribution in [0.2, 0.25) is 11.1 Å². The summed E-state index contributed by atoms with van der Waals surface area (Å²) in [7, 11) is -0.333. The molecule has 6 unspecified atom stereocenters. The molecule has 21 heavy (non-hydrogen) atoms. The van der Waals surface area contributed by atoms with Crippen LogP contribution in [0, 0.1) is 28.1 Å². The maximum absolute atomic E-state index is 11.6. The van der Waals surface area contributed by atoms with Gasteiger partial charge in [-0.15, -0.1) is 0 Å². The minimum atomic E-state index is -0.333. The van der Waals surface area contributed by atoms with E-state index in [-0.39, 0.29) is 66.3 Å². The number of fused-ring (bicyclic) bond motifs is 1. The summed E-state index contributed by atoms with van der Waals surface area (Å²) in [6, 6.07) is 1.37. The van der Waals surface area contributed by atoms with Gasteiger partial charge in [-0.25, -0.2) is 0 Å². The molecule has 109 valence electrons. The average Bonchev–Trinajstić information content (AvgIpc) is 3.22. The topological polar surface area (TPSA) is 40.9 Å². The molecule has 2 bridgehead atoms. The van der Waals surface area contributed by atoms with E-state index in [0.717, 1.165) is 12.3 Å². The minimum Gasteiger partial charge on any atom is -1.00 e. The molecule has 0 aromatic rings. The van der Waals surface area contributed by atoms with Crippen LogP contribution >= 0.6 is 0 Å². The molecule has 1 N–H and O–H groups in total. The fourth-order valence-electron chi connectivity index (χ4n) is 7.56. The maximum Gasteiger partial charge on any atom is 3.00 e. The zero-order valence-corrected chi connectivity index (χ0v) is 16.1. The Morgan fingerprint density at radius 2 is 1.90 bits per heavy atom. The fraction of sp³-hybridized carbons (Fsp3) is 0.733. The van der Waals surface area contributed by atoms with Crippen LogP contribution in [-0.4, -0.2) is 20.0 Å². The van der Waals surface area contributed by atoms with Crippen LogP contribution in [0.15, 0.2) is 11.1 Å². The Bertz CT molecular complexity index is 693. The van der Waals surface area contributed by atoms with Gasteiger partial charge in [0.15, 0.2) is 0 Å². The molecule has 6 fully saturated rings. The number of allylic oxidation sites excluding steroid dienone is 2. The van der Waals surface area contributed by atoms with Crippen molar-refractivity contribution < 1.29 is 51.3 Å². The fourth-order valence-corrected chi connectivity index (χ4v) is 12.1. The Kier molecular flexibility index (Phi) is 2.85. The third kappa shape index (κ3) is 0.949. The summed E-state index contributed by atoms with van der Waals surface area (Å²) in [6.07, 6.45) is 2.35. The third-order valence-electron chi connectivity index (χ3n) is 8.05. The first-order valence-electron chi connectivity index (χ1n) is 7.18. The van der Waals surface area contributed by atoms with Crippen LogP contribution in [0.25, 0.3) is 5.73 Å². The van der Waals surface area contributed by atoms with Gasteiger partial charge in [0.2, 0.25) is 0 Å². The van der Waals surface area contributed by atoms with E-state index in [1.54, 1.807) is 11.1 Å². The van der Waals surface area contributed by atoms with E-state index in [4.69, 9.17) is 5.73 Å². The van der Waals surface area contributed by atoms with Crippen molar-refractivity contribution in [1.82, 2.24) is 0 Å². The van der Waals surface area contributed by atoms with E-state index < -0.39 is 0 Å². The van der Waals surface area contributed by atoms with E-state index in [1.807, 2.05) is 0 Å². The third-order valence-corrected chi connectivity index (χ3v) is 11.8. The molecule has 6 aliphatic carbocycles. The summed E-state index contributed by atoms with van der Waals surface area (Å²) >= 11 is 0. The van der Waals surface area contributed by atoms with Gasteiger partial charge in [0.05, 0.1) is 5.91 Å². The molecule has 6 saturated carbocycles. The molecule has 1 amide bonds. The van der Waals surface area contributed by atoms with Crippen molar-refractivity contribution in [3.8, 4) is 0 Å². The molecule has 6 atom stereocenters. The normalized spacial score (nSPS) is 57.5. The Hall–Kier alpha value is 0.591. The summed E-state index contributed by atoms with van der Waals surface area (Å²) < 4.78 is 0. The number of rotatable bonds is 2. The molecule has 1 aliphatic heterocycles. The molecule has 2 nitrogen and oxygen atoms in total. The zero-order valence-electron chi connectivity index (χ0n) is 12.0. The smallest absolute Gasteiger partial charge is 1.00 e. The van der Waals surface area contributed by atoms with Crippen molar-refractivity contribution in [2.45, 2.75) is 37.8 Å². The standard InChI is InChI=1S/C15H17NOSi.2ClH.Ti/c1-7-5-18(6-8(7)2)13-4-3-12(11(16)17)9-14(12)10(13)15(9,13)14;;;/h5,9-10H,3-4,6H2,1-2H3,(H2,16,17);2*1H;/q;;;+3/p-3. The number of hydrogen-bond acceptors (Lipinski definition) is 1. The number of nitrogens with one attached hydrogen (secondary N) is 1. The number of halogens is 2. The number of carbonyl (C=O) groups excluding carboxylic acids is 1. The molecule has 6 heteroatoms. The van der Waals surface area contributed by atoms with E-state index in [0.29, 0.717) is 21.8 Å². The molecule has 0 saturated heterocycles. The van der Waals surface area contributed by atoms with Gasteiger partial charge >= 0.3 is 21.7 Å². The van der Waals surface area contributed by atoms with Gasteiger partial charge in [-0.05, 0) is 60.4 Å². The largest absolute Gasteiger partial charge is 3.00 e. The van der Waals surface area contributed by atoms with Crippen LogP contribution in [0.4, 0.5) is 0 Å². The van der Waals surface area contributed by atoms with Gasteiger partial charge in [0, 0.05) is 13.8 Å². The van der Waals surface area contributed by atoms with Gasteiger partial charge in [0.25, 0.3) is 0 Å². The molecular formula is C15H16Cl2NOSiTi. The van der Waals surface area contributed by atoms with Gasteiger partial charge < -0.3 is 35.3 Å². The molecule has 1 radical (unpaired) electrons. The van der Waals surface area contributed by atoms with Gasteiger partial charge in [-0.1, -0.05) is 16.8 Å². The second-order valence-corrected chi connectivity index (χ2v) is 10.3. The summed E-state index contributed by atoms with van der Waals surface area (Å²) in [4.78, 5) is 11.6. The average molecular weight is 373 g/mol. The van der Waals surface area contributed by atoms with Gasteiger partial charge in [0.1, 0.15) is 0 Å². The van der Waals surface area contributed by atoms with E-state index in [1.165, 1.54) is 12.5 Å². The predicted molar refractivity (Wildman–Crippen MR) is 70.5 cm³/mol. The van der Waals surface area contributed by atoms with Crippen molar-refractivity contribution in [3.63, 3.8) is 0 Å². The first-order chi connectivity index (χ1) is 8.54. The Labute approximate surface area is 153 Å². The Morgan fingerprint density at radius 3 is 2.33 bits per heavy atom. The van der Waals surface area contributed by atoms with Gasteiger partial charge in [-0.2, -0.15) is 0 Å². The molecule has 7 aliphatic rings. The summed E-state index contributed by atoms with van der Waals surface area (Å²) in [6.45, 7) is 4.58. The molecule has 0 aromatic heterocycles. The predicted octanol–water partition coefficient (Wildman–Crippen LogP) is -3.42. The second-order valence-electron chi connectivity index (χ2n) is 7.69. The number of carbonyl (C=O) groups is 1. The van der Waals surface area contributed by atoms with Crippen molar-refractivity contribution in [2.75, 3.05) is 0 Å². The summed E-state index contributed by atoms with van der Waals surface area (Å²) in [5.74, 6) is 1.40. The van der Waals surface area contributed by atoms with Crippen molar-refractivity contribution in [2.24, 2.45) is 28.1 Å². The molecular weight excluding hydrogens is 357 g/mol. The van der Waals surface area contributed by atoms with E-state index in [2.05, 4.69) is 19.5 Å². The van der Waals surface area contributed by atoms with Crippen LogP contribution in [-0.2, 0) is 26.5 Å². The van der Waals surface area contributed by atoms with Crippen LogP contribution < -0.4 is 24.8 Å². The van der Waals surface area contributed by atoms with Crippen LogP contribution in [0.3, 0.4) is 0 Å². The quantitative estimate of drug-likeness (QED) is 0.465. The number of hydrogen-bond donors (Lipinski definition) is 0. The summed E-state index contributed by atoms with van der Waals surface area (Å²) in [5, 5.41) is 0.707. The molecule has 2 spiro atoms. The van der Waals surface area contributed by atoms with Gasteiger partial charge in [-0.3, -0.25) is 0 Å². The Morgan fingerprint density at radius 1 is 1.24 bits per heavy atom. The van der Waals surface area contributed by atoms with Crippen molar-refractivity contribution in [3.05, 3.63) is 16.9 Å². The van der Waals surface area contributed by atoms with Crippen LogP contribution in [0.5, 0.6) is 0 Å². The van der Waals surface area contributed by atoms with Crippen molar-refractivity contribution in [1.29, 1.82) is 0 Å². The second kappa shape index (κ2) is 3.64.